The predicted molar refractivity (Wildman–Crippen MR) is 97.2 cm³/mol. The van der Waals surface area contributed by atoms with Crippen molar-refractivity contribution < 1.29 is 4.79 Å². The summed E-state index contributed by atoms with van der Waals surface area (Å²) in [6.07, 6.45) is 7.76. The number of nitrogens with one attached hydrogen (secondary N) is 1. The van der Waals surface area contributed by atoms with Crippen molar-refractivity contribution in [2.45, 2.75) is 50.1 Å². The molecule has 6 heteroatoms. The Morgan fingerprint density at radius 1 is 1.29 bits per heavy atom. The Balaban J connectivity index is 1.57. The Hall–Kier alpha value is -1.66. The lowest BCUT2D eigenvalue weighted by Gasteiger charge is -2.36. The van der Waals surface area contributed by atoms with Crippen molar-refractivity contribution in [3.8, 4) is 0 Å². The van der Waals surface area contributed by atoms with Gasteiger partial charge in [-0.2, -0.15) is 0 Å². The molecule has 3 rings (SSSR count). The smallest absolute Gasteiger partial charge is 0.245 e. The summed E-state index contributed by atoms with van der Waals surface area (Å²) in [7, 11) is 4.29. The SMILES string of the molecule is CN(C)C1CCN(c2ccc(NC(=O)C3(N)CCCC3)nc2)CC1. The molecule has 24 heavy (non-hydrogen) atoms. The largest absolute Gasteiger partial charge is 0.370 e. The van der Waals surface area contributed by atoms with Gasteiger partial charge in [-0.25, -0.2) is 4.98 Å². The molecule has 0 bridgehead atoms. The van der Waals surface area contributed by atoms with Gasteiger partial charge in [0, 0.05) is 19.1 Å². The first-order chi connectivity index (χ1) is 11.5. The van der Waals surface area contributed by atoms with Gasteiger partial charge in [0.25, 0.3) is 0 Å². The third kappa shape index (κ3) is 3.70. The van der Waals surface area contributed by atoms with Gasteiger partial charge in [0.15, 0.2) is 0 Å². The molecule has 1 aliphatic heterocycles. The van der Waals surface area contributed by atoms with Crippen molar-refractivity contribution in [3.63, 3.8) is 0 Å². The maximum atomic E-state index is 12.3. The van der Waals surface area contributed by atoms with Gasteiger partial charge in [0.1, 0.15) is 5.82 Å². The van der Waals surface area contributed by atoms with Crippen LogP contribution in [-0.4, -0.2) is 54.6 Å². The molecule has 0 unspecified atom stereocenters. The Morgan fingerprint density at radius 2 is 1.96 bits per heavy atom. The quantitative estimate of drug-likeness (QED) is 0.880. The summed E-state index contributed by atoms with van der Waals surface area (Å²) in [5, 5.41) is 2.88. The highest BCUT2D eigenvalue weighted by atomic mass is 16.2. The Kier molecular flexibility index (Phi) is 5.06. The number of pyridine rings is 1. The number of piperidine rings is 1. The number of anilines is 2. The molecule has 2 aliphatic rings. The second-order valence-corrected chi connectivity index (χ2v) is 7.40. The first-order valence-corrected chi connectivity index (χ1v) is 8.96. The fourth-order valence-electron chi connectivity index (χ4n) is 3.76. The van der Waals surface area contributed by atoms with Crippen LogP contribution >= 0.6 is 0 Å². The van der Waals surface area contributed by atoms with Crippen LogP contribution in [0.1, 0.15) is 38.5 Å². The summed E-state index contributed by atoms with van der Waals surface area (Å²) in [6.45, 7) is 2.09. The molecule has 2 heterocycles. The average molecular weight is 331 g/mol. The standard InChI is InChI=1S/C18H29N5O/c1-22(2)14-7-11-23(12-8-14)15-5-6-16(20-13-15)21-17(24)18(19)9-3-4-10-18/h5-6,13-14H,3-4,7-12,19H2,1-2H3,(H,20,21,24). The maximum Gasteiger partial charge on any atom is 0.245 e. The van der Waals surface area contributed by atoms with Crippen LogP contribution in [0.5, 0.6) is 0 Å². The van der Waals surface area contributed by atoms with Gasteiger partial charge < -0.3 is 20.9 Å². The van der Waals surface area contributed by atoms with Crippen LogP contribution in [0.4, 0.5) is 11.5 Å². The van der Waals surface area contributed by atoms with Gasteiger partial charge in [-0.05, 0) is 51.9 Å². The van der Waals surface area contributed by atoms with Crippen LogP contribution in [0.15, 0.2) is 18.3 Å². The highest BCUT2D eigenvalue weighted by Gasteiger charge is 2.37. The van der Waals surface area contributed by atoms with Crippen LogP contribution in [0.3, 0.4) is 0 Å². The highest BCUT2D eigenvalue weighted by molar-refractivity contribution is 5.97. The molecule has 1 aromatic heterocycles. The first-order valence-electron chi connectivity index (χ1n) is 8.96. The second kappa shape index (κ2) is 7.07. The zero-order valence-corrected chi connectivity index (χ0v) is 14.8. The van der Waals surface area contributed by atoms with Crippen molar-refractivity contribution >= 4 is 17.4 Å². The zero-order valence-electron chi connectivity index (χ0n) is 14.8. The van der Waals surface area contributed by atoms with E-state index in [0.717, 1.165) is 44.5 Å². The first kappa shape index (κ1) is 17.2. The summed E-state index contributed by atoms with van der Waals surface area (Å²) < 4.78 is 0. The van der Waals surface area contributed by atoms with E-state index in [9.17, 15) is 4.79 Å². The summed E-state index contributed by atoms with van der Waals surface area (Å²) >= 11 is 0. The predicted octanol–water partition coefficient (Wildman–Crippen LogP) is 1.82. The Morgan fingerprint density at radius 3 is 2.50 bits per heavy atom. The molecule has 1 aromatic rings. The fraction of sp³-hybridized carbons (Fsp3) is 0.667. The molecular formula is C18H29N5O. The molecule has 132 valence electrons. The van der Waals surface area contributed by atoms with Crippen molar-refractivity contribution in [1.29, 1.82) is 0 Å². The van der Waals surface area contributed by atoms with Crippen LogP contribution in [-0.2, 0) is 4.79 Å². The normalized spacial score (nSPS) is 21.2. The second-order valence-electron chi connectivity index (χ2n) is 7.40. The van der Waals surface area contributed by atoms with E-state index in [-0.39, 0.29) is 5.91 Å². The minimum absolute atomic E-state index is 0.105. The highest BCUT2D eigenvalue weighted by Crippen LogP contribution is 2.28. The molecule has 3 N–H and O–H groups in total. The van der Waals surface area contributed by atoms with Crippen molar-refractivity contribution in [1.82, 2.24) is 9.88 Å². The van der Waals surface area contributed by atoms with E-state index in [0.29, 0.717) is 11.9 Å². The Labute approximate surface area is 144 Å². The van der Waals surface area contributed by atoms with Crippen molar-refractivity contribution in [3.05, 3.63) is 18.3 Å². The molecule has 0 radical (unpaired) electrons. The minimum atomic E-state index is -0.714. The van der Waals surface area contributed by atoms with Crippen LogP contribution in [0.25, 0.3) is 0 Å². The third-order valence-corrected chi connectivity index (χ3v) is 5.50. The van der Waals surface area contributed by atoms with Crippen molar-refractivity contribution in [2.24, 2.45) is 5.73 Å². The topological polar surface area (TPSA) is 74.5 Å². The van der Waals surface area contributed by atoms with Gasteiger partial charge >= 0.3 is 0 Å². The lowest BCUT2D eigenvalue weighted by Crippen LogP contribution is -2.48. The lowest BCUT2D eigenvalue weighted by molar-refractivity contribution is -0.121. The number of rotatable bonds is 4. The molecular weight excluding hydrogens is 302 g/mol. The van der Waals surface area contributed by atoms with Crippen LogP contribution < -0.4 is 16.0 Å². The number of hydrogen-bond donors (Lipinski definition) is 2. The van der Waals surface area contributed by atoms with Gasteiger partial charge in [-0.15, -0.1) is 0 Å². The molecule has 2 fully saturated rings. The summed E-state index contributed by atoms with van der Waals surface area (Å²) in [5.41, 5.74) is 6.59. The minimum Gasteiger partial charge on any atom is -0.370 e. The molecule has 6 nitrogen and oxygen atoms in total. The number of hydrogen-bond acceptors (Lipinski definition) is 5. The van der Waals surface area contributed by atoms with Gasteiger partial charge in [0.05, 0.1) is 17.4 Å². The molecule has 1 amide bonds. The summed E-state index contributed by atoms with van der Waals surface area (Å²) in [5.74, 6) is 0.482. The molecule has 0 atom stereocenters. The monoisotopic (exact) mass is 331 g/mol. The molecule has 0 aromatic carbocycles. The number of nitrogens with zero attached hydrogens (tertiary/aromatic N) is 3. The van der Waals surface area contributed by atoms with Crippen LogP contribution in [0, 0.1) is 0 Å². The molecule has 1 aliphatic carbocycles. The van der Waals surface area contributed by atoms with E-state index < -0.39 is 5.54 Å². The fourth-order valence-corrected chi connectivity index (χ4v) is 3.76. The van der Waals surface area contributed by atoms with E-state index in [1.165, 1.54) is 12.8 Å². The number of amides is 1. The number of aromatic nitrogens is 1. The molecule has 1 saturated heterocycles. The summed E-state index contributed by atoms with van der Waals surface area (Å²) in [4.78, 5) is 21.4. The zero-order chi connectivity index (χ0) is 17.2. The number of nitrogens with two attached hydrogens (primary N) is 1. The van der Waals surface area contributed by atoms with E-state index in [1.54, 1.807) is 0 Å². The molecule has 0 spiro atoms. The Bertz CT molecular complexity index is 557. The van der Waals surface area contributed by atoms with Gasteiger partial charge in [-0.1, -0.05) is 12.8 Å². The maximum absolute atomic E-state index is 12.3. The van der Waals surface area contributed by atoms with Crippen LogP contribution in [0.2, 0.25) is 0 Å². The molecule has 1 saturated carbocycles. The number of carbonyl (C=O) groups is 1. The van der Waals surface area contributed by atoms with E-state index in [4.69, 9.17) is 5.73 Å². The van der Waals surface area contributed by atoms with Crippen molar-refractivity contribution in [2.75, 3.05) is 37.4 Å². The van der Waals surface area contributed by atoms with E-state index in [1.807, 2.05) is 18.3 Å². The van der Waals surface area contributed by atoms with E-state index >= 15 is 0 Å². The third-order valence-electron chi connectivity index (χ3n) is 5.50. The van der Waals surface area contributed by atoms with Gasteiger partial charge in [-0.3, -0.25) is 4.79 Å². The van der Waals surface area contributed by atoms with E-state index in [2.05, 4.69) is 34.2 Å². The lowest BCUT2D eigenvalue weighted by atomic mass is 9.98. The number of carbonyl (C=O) groups excluding carboxylic acids is 1. The summed E-state index contributed by atoms with van der Waals surface area (Å²) in [6, 6.07) is 4.58. The average Bonchev–Trinajstić information content (AvgIpc) is 3.04. The van der Waals surface area contributed by atoms with Gasteiger partial charge in [0.2, 0.25) is 5.91 Å².